The predicted octanol–water partition coefficient (Wildman–Crippen LogP) is 4.73. The number of hydrogen-bond acceptors (Lipinski definition) is 4. The largest absolute Gasteiger partial charge is 0.331 e. The number of halogens is 1. The molecule has 0 aliphatic heterocycles. The smallest absolute Gasteiger partial charge is 0.188 e. The minimum absolute atomic E-state index is 0.270. The average Bonchev–Trinajstić information content (AvgIpc) is 2.89. The summed E-state index contributed by atoms with van der Waals surface area (Å²) < 4.78 is 14.2. The third-order valence-electron chi connectivity index (χ3n) is 3.27. The van der Waals surface area contributed by atoms with Crippen molar-refractivity contribution in [1.29, 1.82) is 0 Å². The molecule has 0 saturated heterocycles. The zero-order valence-electron chi connectivity index (χ0n) is 10.9. The summed E-state index contributed by atoms with van der Waals surface area (Å²) in [5, 5.41) is 6.19. The highest BCUT2D eigenvalue weighted by molar-refractivity contribution is 7.22. The molecule has 1 N–H and O–H groups in total. The van der Waals surface area contributed by atoms with Crippen LogP contribution in [0.25, 0.3) is 21.0 Å². The fraction of sp³-hybridized carbons (Fsp3) is 0. The highest BCUT2D eigenvalue weighted by Crippen LogP contribution is 2.31. The Kier molecular flexibility index (Phi) is 2.79. The second-order valence-corrected chi connectivity index (χ2v) is 5.69. The second-order valence-electron chi connectivity index (χ2n) is 4.66. The van der Waals surface area contributed by atoms with Gasteiger partial charge < -0.3 is 5.32 Å². The average molecular weight is 295 g/mol. The van der Waals surface area contributed by atoms with Gasteiger partial charge in [0.25, 0.3) is 0 Å². The summed E-state index contributed by atoms with van der Waals surface area (Å²) in [5.41, 5.74) is 1.61. The van der Waals surface area contributed by atoms with Crippen LogP contribution in [0.15, 0.2) is 54.9 Å². The van der Waals surface area contributed by atoms with Crippen LogP contribution >= 0.6 is 11.3 Å². The van der Waals surface area contributed by atoms with Crippen molar-refractivity contribution in [2.24, 2.45) is 0 Å². The maximum absolute atomic E-state index is 13.2. The molecule has 3 nitrogen and oxygen atoms in total. The first-order valence-electron chi connectivity index (χ1n) is 6.45. The number of rotatable bonds is 2. The lowest BCUT2D eigenvalue weighted by Crippen LogP contribution is -1.90. The molecule has 21 heavy (non-hydrogen) atoms. The summed E-state index contributed by atoms with van der Waals surface area (Å²) in [6.07, 6.45) is 3.59. The van der Waals surface area contributed by atoms with Crippen molar-refractivity contribution >= 4 is 43.1 Å². The highest BCUT2D eigenvalue weighted by atomic mass is 32.1. The van der Waals surface area contributed by atoms with Gasteiger partial charge in [-0.3, -0.25) is 4.98 Å². The van der Waals surface area contributed by atoms with Crippen LogP contribution in [0.4, 0.5) is 15.2 Å². The molecule has 5 heteroatoms. The fourth-order valence-electron chi connectivity index (χ4n) is 2.29. The van der Waals surface area contributed by atoms with E-state index in [0.717, 1.165) is 26.3 Å². The molecule has 0 aliphatic carbocycles. The maximum Gasteiger partial charge on any atom is 0.188 e. The number of nitrogens with zero attached hydrogens (tertiary/aromatic N) is 2. The molecule has 0 spiro atoms. The first-order valence-corrected chi connectivity index (χ1v) is 7.27. The van der Waals surface area contributed by atoms with Crippen LogP contribution in [0, 0.1) is 5.82 Å². The lowest BCUT2D eigenvalue weighted by atomic mass is 10.1. The normalized spacial score (nSPS) is 11.1. The van der Waals surface area contributed by atoms with Crippen molar-refractivity contribution in [2.45, 2.75) is 0 Å². The molecule has 0 fully saturated rings. The summed E-state index contributed by atoms with van der Waals surface area (Å²) >= 11 is 1.50. The second kappa shape index (κ2) is 4.79. The predicted molar refractivity (Wildman–Crippen MR) is 84.6 cm³/mol. The van der Waals surface area contributed by atoms with E-state index in [1.54, 1.807) is 12.3 Å². The summed E-state index contributed by atoms with van der Waals surface area (Å²) in [4.78, 5) is 8.59. The van der Waals surface area contributed by atoms with E-state index < -0.39 is 0 Å². The Balaban J connectivity index is 1.79. The highest BCUT2D eigenvalue weighted by Gasteiger charge is 2.07. The molecule has 0 aliphatic rings. The van der Waals surface area contributed by atoms with Crippen molar-refractivity contribution < 1.29 is 4.39 Å². The quantitative estimate of drug-likeness (QED) is 0.581. The van der Waals surface area contributed by atoms with Gasteiger partial charge in [0.1, 0.15) is 5.82 Å². The van der Waals surface area contributed by atoms with Gasteiger partial charge in [0.15, 0.2) is 5.13 Å². The van der Waals surface area contributed by atoms with Gasteiger partial charge in [-0.15, -0.1) is 0 Å². The molecule has 0 unspecified atom stereocenters. The van der Waals surface area contributed by atoms with Gasteiger partial charge in [0.05, 0.1) is 10.2 Å². The number of thiazole rings is 1. The van der Waals surface area contributed by atoms with Gasteiger partial charge in [-0.25, -0.2) is 9.37 Å². The van der Waals surface area contributed by atoms with Crippen molar-refractivity contribution in [3.63, 3.8) is 0 Å². The van der Waals surface area contributed by atoms with Crippen LogP contribution in [0.5, 0.6) is 0 Å². The van der Waals surface area contributed by atoms with E-state index in [1.165, 1.54) is 23.5 Å². The molecule has 0 bridgehead atoms. The van der Waals surface area contributed by atoms with Gasteiger partial charge in [-0.1, -0.05) is 23.5 Å². The number of aromatic nitrogens is 2. The monoisotopic (exact) mass is 295 g/mol. The third-order valence-corrected chi connectivity index (χ3v) is 4.23. The molecule has 0 saturated carbocycles. The number of nitrogens with one attached hydrogen (secondary N) is 1. The van der Waals surface area contributed by atoms with Crippen molar-refractivity contribution in [2.75, 3.05) is 5.32 Å². The molecular weight excluding hydrogens is 285 g/mol. The topological polar surface area (TPSA) is 37.8 Å². The lowest BCUT2D eigenvalue weighted by molar-refractivity contribution is 0.629. The molecule has 2 aromatic carbocycles. The van der Waals surface area contributed by atoms with Crippen molar-refractivity contribution in [1.82, 2.24) is 9.97 Å². The number of pyridine rings is 1. The fourth-order valence-corrected chi connectivity index (χ4v) is 3.15. The molecule has 2 aromatic heterocycles. The van der Waals surface area contributed by atoms with E-state index in [2.05, 4.69) is 15.3 Å². The summed E-state index contributed by atoms with van der Waals surface area (Å²) in [7, 11) is 0. The van der Waals surface area contributed by atoms with E-state index in [9.17, 15) is 4.39 Å². The third kappa shape index (κ3) is 2.21. The number of benzene rings is 2. The summed E-state index contributed by atoms with van der Waals surface area (Å²) in [5.74, 6) is -0.270. The van der Waals surface area contributed by atoms with Crippen LogP contribution in [0.2, 0.25) is 0 Å². The zero-order chi connectivity index (χ0) is 14.2. The first-order chi connectivity index (χ1) is 10.3. The van der Waals surface area contributed by atoms with Crippen LogP contribution in [-0.4, -0.2) is 9.97 Å². The molecule has 0 radical (unpaired) electrons. The molecule has 0 amide bonds. The van der Waals surface area contributed by atoms with Crippen molar-refractivity contribution in [3.8, 4) is 0 Å². The van der Waals surface area contributed by atoms with Crippen LogP contribution in [0.3, 0.4) is 0 Å². The lowest BCUT2D eigenvalue weighted by Gasteiger charge is -2.06. The van der Waals surface area contributed by atoms with E-state index >= 15 is 0 Å². The van der Waals surface area contributed by atoms with Crippen LogP contribution in [0.1, 0.15) is 0 Å². The standard InChI is InChI=1S/C16H10FN3S/c17-11-4-5-15-14(8-11)20-16(21-15)19-13-3-1-2-10-6-7-18-9-12(10)13/h1-9H,(H,19,20). The molecular formula is C16H10FN3S. The zero-order valence-corrected chi connectivity index (χ0v) is 11.7. The van der Waals surface area contributed by atoms with Crippen molar-refractivity contribution in [3.05, 3.63) is 60.7 Å². The minimum atomic E-state index is -0.270. The summed E-state index contributed by atoms with van der Waals surface area (Å²) in [6.45, 7) is 0. The van der Waals surface area contributed by atoms with E-state index in [-0.39, 0.29) is 5.82 Å². The number of fused-ring (bicyclic) bond motifs is 2. The van der Waals surface area contributed by atoms with E-state index in [0.29, 0.717) is 5.52 Å². The minimum Gasteiger partial charge on any atom is -0.331 e. The van der Waals surface area contributed by atoms with Gasteiger partial charge >= 0.3 is 0 Å². The Morgan fingerprint density at radius 2 is 2.05 bits per heavy atom. The van der Waals surface area contributed by atoms with Gasteiger partial charge in [0.2, 0.25) is 0 Å². The first kappa shape index (κ1) is 12.2. The Morgan fingerprint density at radius 3 is 3.00 bits per heavy atom. The van der Waals surface area contributed by atoms with Gasteiger partial charge in [-0.05, 0) is 29.7 Å². The molecule has 4 aromatic rings. The van der Waals surface area contributed by atoms with Gasteiger partial charge in [0, 0.05) is 29.5 Å². The molecule has 2 heterocycles. The number of anilines is 2. The van der Waals surface area contributed by atoms with Gasteiger partial charge in [-0.2, -0.15) is 0 Å². The summed E-state index contributed by atoms with van der Waals surface area (Å²) in [6, 6.07) is 12.6. The Labute approximate surface area is 124 Å². The van der Waals surface area contributed by atoms with E-state index in [1.807, 2.05) is 30.5 Å². The maximum atomic E-state index is 13.2. The number of hydrogen-bond donors (Lipinski definition) is 1. The van der Waals surface area contributed by atoms with Crippen LogP contribution < -0.4 is 5.32 Å². The molecule has 4 rings (SSSR count). The Hall–Kier alpha value is -2.53. The Bertz CT molecular complexity index is 943. The van der Waals surface area contributed by atoms with Crippen LogP contribution in [-0.2, 0) is 0 Å². The Morgan fingerprint density at radius 1 is 1.10 bits per heavy atom. The van der Waals surface area contributed by atoms with E-state index in [4.69, 9.17) is 0 Å². The molecule has 102 valence electrons. The SMILES string of the molecule is Fc1ccc2sc(Nc3cccc4ccncc34)nc2c1. The molecule has 0 atom stereocenters.